The number of imidazole rings is 1. The predicted octanol–water partition coefficient (Wildman–Crippen LogP) is 2.41. The van der Waals surface area contributed by atoms with E-state index in [0.717, 1.165) is 16.7 Å². The van der Waals surface area contributed by atoms with E-state index in [2.05, 4.69) is 14.7 Å². The second-order valence-electron chi connectivity index (χ2n) is 7.51. The molecular weight excluding hydrogens is 471 g/mol. The van der Waals surface area contributed by atoms with Gasteiger partial charge >= 0.3 is 18.1 Å². The summed E-state index contributed by atoms with van der Waals surface area (Å²) in [5.41, 5.74) is -0.513. The van der Waals surface area contributed by atoms with Gasteiger partial charge in [0.1, 0.15) is 11.5 Å². The van der Waals surface area contributed by atoms with E-state index in [9.17, 15) is 22.8 Å². The summed E-state index contributed by atoms with van der Waals surface area (Å²) in [7, 11) is 1.43. The van der Waals surface area contributed by atoms with Crippen LogP contribution in [-0.2, 0) is 20.1 Å². The number of aliphatic hydroxyl groups excluding tert-OH is 1. The van der Waals surface area contributed by atoms with Crippen LogP contribution < -0.4 is 20.7 Å². The summed E-state index contributed by atoms with van der Waals surface area (Å²) in [4.78, 5) is 34.4. The minimum absolute atomic E-state index is 0.0109. The number of aromatic nitrogens is 5. The van der Waals surface area contributed by atoms with Crippen LogP contribution in [0, 0.1) is 0 Å². The smallest absolute Gasteiger partial charge is 0.425 e. The number of aryl methyl sites for hydroxylation is 1. The Morgan fingerprint density at radius 2 is 1.86 bits per heavy atom. The third-order valence-corrected chi connectivity index (χ3v) is 5.05. The fourth-order valence-electron chi connectivity index (χ4n) is 3.52. The fourth-order valence-corrected chi connectivity index (χ4v) is 3.52. The minimum atomic E-state index is -4.88. The molecule has 4 rings (SSSR count). The van der Waals surface area contributed by atoms with E-state index in [1.165, 1.54) is 28.3 Å². The van der Waals surface area contributed by atoms with E-state index in [1.807, 2.05) is 0 Å². The van der Waals surface area contributed by atoms with Crippen molar-refractivity contribution in [3.63, 3.8) is 0 Å². The number of rotatable bonds is 8. The second-order valence-corrected chi connectivity index (χ2v) is 7.51. The highest BCUT2D eigenvalue weighted by molar-refractivity contribution is 5.72. The molecule has 0 aliphatic carbocycles. The van der Waals surface area contributed by atoms with Gasteiger partial charge in [-0.3, -0.25) is 23.5 Å². The van der Waals surface area contributed by atoms with Gasteiger partial charge in [-0.05, 0) is 30.2 Å². The van der Waals surface area contributed by atoms with Gasteiger partial charge in [-0.2, -0.15) is 4.98 Å². The van der Waals surface area contributed by atoms with Crippen LogP contribution in [0.15, 0.2) is 58.4 Å². The maximum atomic E-state index is 13.3. The molecule has 35 heavy (non-hydrogen) atoms. The van der Waals surface area contributed by atoms with E-state index in [4.69, 9.17) is 9.84 Å². The highest BCUT2D eigenvalue weighted by atomic mass is 19.4. The molecule has 4 aromatic rings. The first-order chi connectivity index (χ1) is 16.7. The zero-order valence-corrected chi connectivity index (χ0v) is 18.4. The molecule has 0 fully saturated rings. The molecule has 10 nitrogen and oxygen atoms in total. The number of aliphatic hydroxyl groups is 1. The standard InChI is InChI=1S/C22H20F3N5O5/c1-28-18-17(19(32)29(21(28)33)9-4-10-31)30(13-14-5-3-8-26-12-14)20(27-18)34-15-6-2-7-16(11-15)35-22(23,24)25/h2-3,5-8,11-12,31H,4,9-10,13H2,1H3. The monoisotopic (exact) mass is 491 g/mol. The molecule has 1 aromatic carbocycles. The SMILES string of the molecule is Cn1c(=O)n(CCCO)c(=O)c2c1nc(Oc1cccc(OC(F)(F)F)c1)n2Cc1cccnc1. The van der Waals surface area contributed by atoms with Crippen molar-refractivity contribution in [3.8, 4) is 17.5 Å². The average molecular weight is 491 g/mol. The Labute approximate surface area is 195 Å². The average Bonchev–Trinajstić information content (AvgIpc) is 3.15. The van der Waals surface area contributed by atoms with Crippen LogP contribution >= 0.6 is 0 Å². The Morgan fingerprint density at radius 1 is 1.09 bits per heavy atom. The van der Waals surface area contributed by atoms with E-state index < -0.39 is 23.4 Å². The highest BCUT2D eigenvalue weighted by Gasteiger charge is 2.31. The Kier molecular flexibility index (Phi) is 6.60. The predicted molar refractivity (Wildman–Crippen MR) is 117 cm³/mol. The van der Waals surface area contributed by atoms with Crippen molar-refractivity contribution in [1.29, 1.82) is 0 Å². The molecule has 0 unspecified atom stereocenters. The van der Waals surface area contributed by atoms with Gasteiger partial charge in [-0.15, -0.1) is 13.2 Å². The summed E-state index contributed by atoms with van der Waals surface area (Å²) in [6, 6.07) is 8.18. The zero-order valence-electron chi connectivity index (χ0n) is 18.4. The topological polar surface area (TPSA) is 113 Å². The number of halogens is 3. The van der Waals surface area contributed by atoms with Crippen LogP contribution in [0.1, 0.15) is 12.0 Å². The second kappa shape index (κ2) is 9.62. The van der Waals surface area contributed by atoms with Crippen molar-refractivity contribution in [1.82, 2.24) is 23.7 Å². The summed E-state index contributed by atoms with van der Waals surface area (Å²) < 4.78 is 51.2. The molecule has 0 bridgehead atoms. The summed E-state index contributed by atoms with van der Waals surface area (Å²) in [5, 5.41) is 9.15. The molecule has 0 atom stereocenters. The molecule has 3 heterocycles. The van der Waals surface area contributed by atoms with Crippen molar-refractivity contribution in [3.05, 3.63) is 75.2 Å². The largest absolute Gasteiger partial charge is 0.573 e. The quantitative estimate of drug-likeness (QED) is 0.403. The maximum Gasteiger partial charge on any atom is 0.573 e. The Bertz CT molecular complexity index is 1460. The normalized spacial score (nSPS) is 11.7. The number of pyridine rings is 1. The first-order valence-electron chi connectivity index (χ1n) is 10.4. The lowest BCUT2D eigenvalue weighted by atomic mass is 10.3. The molecule has 0 radical (unpaired) electrons. The van der Waals surface area contributed by atoms with Crippen LogP contribution in [-0.4, -0.2) is 41.7 Å². The number of hydrogen-bond acceptors (Lipinski definition) is 7. The third-order valence-electron chi connectivity index (χ3n) is 5.05. The Hall–Kier alpha value is -4.13. The molecule has 0 saturated carbocycles. The minimum Gasteiger partial charge on any atom is -0.425 e. The van der Waals surface area contributed by atoms with Gasteiger partial charge in [0, 0.05) is 38.7 Å². The van der Waals surface area contributed by atoms with E-state index in [-0.39, 0.29) is 49.0 Å². The van der Waals surface area contributed by atoms with Gasteiger partial charge in [-0.1, -0.05) is 12.1 Å². The summed E-state index contributed by atoms with van der Waals surface area (Å²) in [6.45, 7) is -0.151. The molecular formula is C22H20F3N5O5. The van der Waals surface area contributed by atoms with Crippen molar-refractivity contribution >= 4 is 11.2 Å². The van der Waals surface area contributed by atoms with E-state index >= 15 is 0 Å². The first-order valence-corrected chi connectivity index (χ1v) is 10.4. The molecule has 0 spiro atoms. The summed E-state index contributed by atoms with van der Waals surface area (Å²) in [5.74, 6) is -0.524. The molecule has 3 aromatic heterocycles. The van der Waals surface area contributed by atoms with Crippen LogP contribution in [0.5, 0.6) is 17.5 Å². The third kappa shape index (κ3) is 5.19. The Balaban J connectivity index is 1.87. The summed E-state index contributed by atoms with van der Waals surface area (Å²) in [6.07, 6.45) is -1.55. The molecule has 0 saturated heterocycles. The van der Waals surface area contributed by atoms with Gasteiger partial charge in [-0.25, -0.2) is 4.79 Å². The molecule has 1 N–H and O–H groups in total. The highest BCUT2D eigenvalue weighted by Crippen LogP contribution is 2.30. The fraction of sp³-hybridized carbons (Fsp3) is 0.273. The maximum absolute atomic E-state index is 13.3. The number of hydrogen-bond donors (Lipinski definition) is 1. The van der Waals surface area contributed by atoms with Gasteiger partial charge in [0.25, 0.3) is 5.56 Å². The Morgan fingerprint density at radius 3 is 2.54 bits per heavy atom. The molecule has 184 valence electrons. The summed E-state index contributed by atoms with van der Waals surface area (Å²) >= 11 is 0. The number of alkyl halides is 3. The van der Waals surface area contributed by atoms with Crippen LogP contribution in [0.2, 0.25) is 0 Å². The first kappa shape index (κ1) is 24.0. The van der Waals surface area contributed by atoms with Crippen molar-refractivity contribution in [2.75, 3.05) is 6.61 Å². The number of ether oxygens (including phenoxy) is 2. The van der Waals surface area contributed by atoms with E-state index in [1.54, 1.807) is 24.5 Å². The molecule has 0 aliphatic rings. The number of benzene rings is 1. The van der Waals surface area contributed by atoms with Crippen LogP contribution in [0.4, 0.5) is 13.2 Å². The van der Waals surface area contributed by atoms with Crippen molar-refractivity contribution in [2.24, 2.45) is 7.05 Å². The van der Waals surface area contributed by atoms with Crippen molar-refractivity contribution < 1.29 is 27.8 Å². The van der Waals surface area contributed by atoms with Gasteiger partial charge < -0.3 is 14.6 Å². The molecule has 13 heteroatoms. The van der Waals surface area contributed by atoms with E-state index in [0.29, 0.717) is 5.56 Å². The lowest BCUT2D eigenvalue weighted by Crippen LogP contribution is -2.39. The lowest BCUT2D eigenvalue weighted by molar-refractivity contribution is -0.274. The molecule has 0 amide bonds. The van der Waals surface area contributed by atoms with Crippen molar-refractivity contribution in [2.45, 2.75) is 25.9 Å². The number of nitrogens with zero attached hydrogens (tertiary/aromatic N) is 5. The van der Waals surface area contributed by atoms with Crippen LogP contribution in [0.3, 0.4) is 0 Å². The van der Waals surface area contributed by atoms with Crippen LogP contribution in [0.25, 0.3) is 11.2 Å². The van der Waals surface area contributed by atoms with Gasteiger partial charge in [0.05, 0.1) is 6.54 Å². The zero-order chi connectivity index (χ0) is 25.2. The lowest BCUT2D eigenvalue weighted by Gasteiger charge is -2.12. The van der Waals surface area contributed by atoms with Gasteiger partial charge in [0.2, 0.25) is 0 Å². The van der Waals surface area contributed by atoms with Gasteiger partial charge in [0.15, 0.2) is 11.2 Å². The number of fused-ring (bicyclic) bond motifs is 1. The molecule has 0 aliphatic heterocycles.